The maximum Gasteiger partial charge on any atom is 0.272 e. The highest BCUT2D eigenvalue weighted by atomic mass is 16.3. The van der Waals surface area contributed by atoms with Gasteiger partial charge in [-0.1, -0.05) is 0 Å². The van der Waals surface area contributed by atoms with Gasteiger partial charge in [-0.2, -0.15) is 5.10 Å². The van der Waals surface area contributed by atoms with E-state index >= 15 is 0 Å². The molecule has 0 spiro atoms. The van der Waals surface area contributed by atoms with E-state index in [1.807, 2.05) is 4.90 Å². The van der Waals surface area contributed by atoms with E-state index in [-0.39, 0.29) is 12.5 Å². The summed E-state index contributed by atoms with van der Waals surface area (Å²) in [5.41, 5.74) is 1.61. The van der Waals surface area contributed by atoms with Crippen molar-refractivity contribution in [2.24, 2.45) is 0 Å². The van der Waals surface area contributed by atoms with Crippen LogP contribution in [-0.4, -0.2) is 56.4 Å². The lowest BCUT2D eigenvalue weighted by Crippen LogP contribution is -2.45. The van der Waals surface area contributed by atoms with E-state index in [2.05, 4.69) is 25.5 Å². The fourth-order valence-corrected chi connectivity index (χ4v) is 3.65. The highest BCUT2D eigenvalue weighted by Gasteiger charge is 2.37. The molecule has 1 amide bonds. The number of hydrogen-bond donors (Lipinski definition) is 3. The molecule has 8 nitrogen and oxygen atoms in total. The Hall–Kier alpha value is -2.48. The fourth-order valence-electron chi connectivity index (χ4n) is 3.65. The standard InChI is InChI=1S/C17H22N6O2/c24-16(15-12-3-1-2-4-13(12)21-22-15)20-10-17(25)5-8-23(11-17)14-9-18-6-7-19-14/h6-7,9,25H,1-5,8,10-11H2,(H,20,24)(H,21,22)/t17-/m0/s1. The van der Waals surface area contributed by atoms with Crippen LogP contribution in [0.25, 0.3) is 0 Å². The van der Waals surface area contributed by atoms with Crippen molar-refractivity contribution in [1.29, 1.82) is 0 Å². The third kappa shape index (κ3) is 3.21. The third-order valence-corrected chi connectivity index (χ3v) is 5.06. The van der Waals surface area contributed by atoms with Crippen LogP contribution in [0.1, 0.15) is 41.0 Å². The molecule has 0 saturated carbocycles. The van der Waals surface area contributed by atoms with Crippen molar-refractivity contribution >= 4 is 11.7 Å². The number of aromatic nitrogens is 4. The van der Waals surface area contributed by atoms with Crippen LogP contribution in [-0.2, 0) is 12.8 Å². The predicted molar refractivity (Wildman–Crippen MR) is 91.4 cm³/mol. The lowest BCUT2D eigenvalue weighted by atomic mass is 9.95. The van der Waals surface area contributed by atoms with Gasteiger partial charge in [0, 0.05) is 43.3 Å². The minimum atomic E-state index is -0.969. The van der Waals surface area contributed by atoms with E-state index in [9.17, 15) is 9.90 Å². The zero-order valence-electron chi connectivity index (χ0n) is 14.0. The van der Waals surface area contributed by atoms with Crippen molar-refractivity contribution < 1.29 is 9.90 Å². The fraction of sp³-hybridized carbons (Fsp3) is 0.529. The number of carbonyl (C=O) groups excluding carboxylic acids is 1. The second-order valence-electron chi connectivity index (χ2n) is 6.88. The number of aryl methyl sites for hydroxylation is 1. The highest BCUT2D eigenvalue weighted by molar-refractivity contribution is 5.94. The van der Waals surface area contributed by atoms with Crippen LogP contribution in [0.4, 0.5) is 5.82 Å². The topological polar surface area (TPSA) is 107 Å². The van der Waals surface area contributed by atoms with E-state index in [0.29, 0.717) is 25.2 Å². The molecule has 0 bridgehead atoms. The summed E-state index contributed by atoms with van der Waals surface area (Å²) in [6.45, 7) is 1.30. The number of β-amino-alcohol motifs (C(OH)–C–C–N with tert-alkyl or cyclic N) is 1. The number of rotatable bonds is 4. The monoisotopic (exact) mass is 342 g/mol. The molecule has 3 heterocycles. The van der Waals surface area contributed by atoms with Gasteiger partial charge in [-0.15, -0.1) is 0 Å². The van der Waals surface area contributed by atoms with E-state index < -0.39 is 5.60 Å². The Kier molecular flexibility index (Phi) is 4.12. The van der Waals surface area contributed by atoms with E-state index in [1.165, 1.54) is 0 Å². The van der Waals surface area contributed by atoms with Crippen molar-refractivity contribution in [3.63, 3.8) is 0 Å². The Bertz CT molecular complexity index is 762. The SMILES string of the molecule is O=C(NC[C@@]1(O)CCN(c2cnccn2)C1)c1n[nH]c2c1CCCC2. The minimum absolute atomic E-state index is 0.199. The number of aliphatic hydroxyl groups is 1. The van der Waals surface area contributed by atoms with Gasteiger partial charge in [0.25, 0.3) is 5.91 Å². The number of nitrogens with zero attached hydrogens (tertiary/aromatic N) is 4. The Balaban J connectivity index is 1.38. The van der Waals surface area contributed by atoms with Gasteiger partial charge in [0.05, 0.1) is 6.20 Å². The molecule has 2 aromatic heterocycles. The average Bonchev–Trinajstić information content (AvgIpc) is 3.25. The van der Waals surface area contributed by atoms with Crippen LogP contribution in [0.15, 0.2) is 18.6 Å². The summed E-state index contributed by atoms with van der Waals surface area (Å²) in [5.74, 6) is 0.525. The van der Waals surface area contributed by atoms with Gasteiger partial charge in [0.1, 0.15) is 11.4 Å². The molecule has 1 saturated heterocycles. The smallest absolute Gasteiger partial charge is 0.272 e. The first kappa shape index (κ1) is 16.0. The van der Waals surface area contributed by atoms with E-state index in [1.54, 1.807) is 18.6 Å². The molecule has 0 radical (unpaired) electrons. The summed E-state index contributed by atoms with van der Waals surface area (Å²) in [6, 6.07) is 0. The normalized spacial score (nSPS) is 22.7. The minimum Gasteiger partial charge on any atom is -0.386 e. The van der Waals surface area contributed by atoms with Crippen LogP contribution in [0.5, 0.6) is 0 Å². The number of carbonyl (C=O) groups is 1. The van der Waals surface area contributed by atoms with Crippen molar-refractivity contribution in [3.05, 3.63) is 35.5 Å². The van der Waals surface area contributed by atoms with E-state index in [4.69, 9.17) is 0 Å². The maximum atomic E-state index is 12.5. The summed E-state index contributed by atoms with van der Waals surface area (Å²) in [4.78, 5) is 22.8. The molecule has 132 valence electrons. The zero-order valence-corrected chi connectivity index (χ0v) is 14.0. The number of amides is 1. The first-order valence-electron chi connectivity index (χ1n) is 8.72. The van der Waals surface area contributed by atoms with Crippen molar-refractivity contribution in [1.82, 2.24) is 25.5 Å². The van der Waals surface area contributed by atoms with Gasteiger partial charge < -0.3 is 15.3 Å². The van der Waals surface area contributed by atoms with Gasteiger partial charge in [-0.05, 0) is 32.1 Å². The molecule has 1 aliphatic heterocycles. The number of H-pyrrole nitrogens is 1. The van der Waals surface area contributed by atoms with Crippen molar-refractivity contribution in [2.75, 3.05) is 24.5 Å². The molecule has 4 rings (SSSR count). The predicted octanol–water partition coefficient (Wildman–Crippen LogP) is 0.450. The van der Waals surface area contributed by atoms with Crippen LogP contribution in [0.3, 0.4) is 0 Å². The second-order valence-corrected chi connectivity index (χ2v) is 6.88. The zero-order chi connectivity index (χ0) is 17.3. The van der Waals surface area contributed by atoms with Crippen LogP contribution in [0.2, 0.25) is 0 Å². The molecule has 0 aromatic carbocycles. The number of fused-ring (bicyclic) bond motifs is 1. The lowest BCUT2D eigenvalue weighted by molar-refractivity contribution is 0.0573. The third-order valence-electron chi connectivity index (χ3n) is 5.06. The van der Waals surface area contributed by atoms with Gasteiger partial charge in [-0.25, -0.2) is 4.98 Å². The van der Waals surface area contributed by atoms with E-state index in [0.717, 1.165) is 42.8 Å². The van der Waals surface area contributed by atoms with Crippen LogP contribution in [0, 0.1) is 0 Å². The highest BCUT2D eigenvalue weighted by Crippen LogP contribution is 2.25. The molecule has 1 aliphatic carbocycles. The van der Waals surface area contributed by atoms with Gasteiger partial charge in [0.15, 0.2) is 5.69 Å². The van der Waals surface area contributed by atoms with Crippen molar-refractivity contribution in [3.8, 4) is 0 Å². The Morgan fingerprint density at radius 3 is 3.08 bits per heavy atom. The molecule has 2 aliphatic rings. The van der Waals surface area contributed by atoms with Gasteiger partial charge in [0.2, 0.25) is 0 Å². The lowest BCUT2D eigenvalue weighted by Gasteiger charge is -2.24. The Morgan fingerprint density at radius 2 is 2.24 bits per heavy atom. The average molecular weight is 342 g/mol. The first-order valence-corrected chi connectivity index (χ1v) is 8.72. The number of aromatic amines is 1. The summed E-state index contributed by atoms with van der Waals surface area (Å²) in [7, 11) is 0. The van der Waals surface area contributed by atoms with Crippen LogP contribution >= 0.6 is 0 Å². The molecule has 8 heteroatoms. The number of nitrogens with one attached hydrogen (secondary N) is 2. The quantitative estimate of drug-likeness (QED) is 0.745. The maximum absolute atomic E-state index is 12.5. The second kappa shape index (κ2) is 6.44. The summed E-state index contributed by atoms with van der Waals surface area (Å²) >= 11 is 0. The molecule has 1 fully saturated rings. The molecular weight excluding hydrogens is 320 g/mol. The molecule has 0 unspecified atom stereocenters. The van der Waals surface area contributed by atoms with Crippen LogP contribution < -0.4 is 10.2 Å². The van der Waals surface area contributed by atoms with Gasteiger partial charge in [-0.3, -0.25) is 14.9 Å². The molecule has 3 N–H and O–H groups in total. The first-order chi connectivity index (χ1) is 12.1. The van der Waals surface area contributed by atoms with Crippen molar-refractivity contribution in [2.45, 2.75) is 37.7 Å². The Labute approximate surface area is 145 Å². The largest absolute Gasteiger partial charge is 0.386 e. The summed E-state index contributed by atoms with van der Waals surface area (Å²) in [5, 5.41) is 20.8. The molecular formula is C17H22N6O2. The molecule has 2 aromatic rings. The van der Waals surface area contributed by atoms with Gasteiger partial charge >= 0.3 is 0 Å². The summed E-state index contributed by atoms with van der Waals surface area (Å²) < 4.78 is 0. The summed E-state index contributed by atoms with van der Waals surface area (Å²) in [6.07, 6.45) is 9.57. The Morgan fingerprint density at radius 1 is 1.36 bits per heavy atom. The number of hydrogen-bond acceptors (Lipinski definition) is 6. The molecule has 25 heavy (non-hydrogen) atoms. The molecule has 1 atom stereocenters. The number of anilines is 1.